The maximum atomic E-state index is 14.6. The number of halogens is 1. The number of hydrogen-bond donors (Lipinski definition) is 1. The summed E-state index contributed by atoms with van der Waals surface area (Å²) in [5, 5.41) is 3.50. The van der Waals surface area contributed by atoms with Gasteiger partial charge >= 0.3 is 0 Å². The average molecular weight is 646 g/mol. The number of sulfonamides is 1. The Balaban J connectivity index is 1.81. The van der Waals surface area contributed by atoms with Gasteiger partial charge in [-0.15, -0.1) is 0 Å². The summed E-state index contributed by atoms with van der Waals surface area (Å²) in [5.74, 6) is -0.805. The molecule has 2 amide bonds. The van der Waals surface area contributed by atoms with E-state index in [9.17, 15) is 18.0 Å². The predicted molar refractivity (Wildman–Crippen MR) is 181 cm³/mol. The highest BCUT2D eigenvalue weighted by Gasteiger charge is 2.35. The quantitative estimate of drug-likeness (QED) is 0.147. The molecule has 7 nitrogen and oxygen atoms in total. The number of carbonyl (C=O) groups is 2. The number of para-hydroxylation sites is 1. The number of hydrogen-bond acceptors (Lipinski definition) is 4. The summed E-state index contributed by atoms with van der Waals surface area (Å²) in [4.78, 5) is 30.0. The second-order valence-electron chi connectivity index (χ2n) is 10.8. The highest BCUT2D eigenvalue weighted by molar-refractivity contribution is 7.92. The molecule has 0 heterocycles. The molecule has 0 aliphatic heterocycles. The lowest BCUT2D eigenvalue weighted by Gasteiger charge is -2.34. The smallest absolute Gasteiger partial charge is 0.264 e. The van der Waals surface area contributed by atoms with Gasteiger partial charge in [-0.25, -0.2) is 8.42 Å². The Morgan fingerprint density at radius 1 is 0.822 bits per heavy atom. The lowest BCUT2D eigenvalue weighted by Crippen LogP contribution is -2.53. The molecule has 0 aromatic heterocycles. The fourth-order valence-corrected chi connectivity index (χ4v) is 6.86. The molecular weight excluding hydrogens is 606 g/mol. The van der Waals surface area contributed by atoms with Crippen molar-refractivity contribution in [2.45, 2.75) is 57.0 Å². The number of carbonyl (C=O) groups excluding carboxylic acids is 2. The van der Waals surface area contributed by atoms with Gasteiger partial charge in [-0.1, -0.05) is 111 Å². The van der Waals surface area contributed by atoms with Crippen LogP contribution in [-0.2, 0) is 39.0 Å². The van der Waals surface area contributed by atoms with Crippen molar-refractivity contribution in [3.8, 4) is 0 Å². The molecule has 0 spiro atoms. The third kappa shape index (κ3) is 8.96. The Labute approximate surface area is 271 Å². The average Bonchev–Trinajstić information content (AvgIpc) is 3.06. The number of benzene rings is 4. The van der Waals surface area contributed by atoms with Crippen LogP contribution in [0.4, 0.5) is 5.69 Å². The predicted octanol–water partition coefficient (Wildman–Crippen LogP) is 6.65. The van der Waals surface area contributed by atoms with Crippen molar-refractivity contribution >= 4 is 39.1 Å². The minimum Gasteiger partial charge on any atom is -0.354 e. The standard InChI is InChI=1S/C36H40ClN3O4S/c1-3-5-23-38-36(42)34(25-28-15-8-6-9-16-28)39(26-29-17-14-19-31(37)24-29)35(41)27-40(33-22-13-12-18-30(33)4-2)45(43,44)32-20-10-7-11-21-32/h6-22,24,34H,3-5,23,25-27H2,1-2H3,(H,38,42)/t34-/m1/s1. The molecule has 4 rings (SSSR count). The highest BCUT2D eigenvalue weighted by atomic mass is 35.5. The van der Waals surface area contributed by atoms with E-state index < -0.39 is 28.5 Å². The van der Waals surface area contributed by atoms with Crippen LogP contribution >= 0.6 is 11.6 Å². The van der Waals surface area contributed by atoms with Gasteiger partial charge in [-0.2, -0.15) is 0 Å². The molecule has 45 heavy (non-hydrogen) atoms. The van der Waals surface area contributed by atoms with Gasteiger partial charge in [0.25, 0.3) is 10.0 Å². The highest BCUT2D eigenvalue weighted by Crippen LogP contribution is 2.28. The Kier molecular flexibility index (Phi) is 12.2. The van der Waals surface area contributed by atoms with E-state index in [1.54, 1.807) is 48.5 Å². The van der Waals surface area contributed by atoms with Gasteiger partial charge in [0.15, 0.2) is 0 Å². The lowest BCUT2D eigenvalue weighted by molar-refractivity contribution is -0.140. The topological polar surface area (TPSA) is 86.8 Å². The fraction of sp³-hybridized carbons (Fsp3) is 0.278. The number of rotatable bonds is 15. The number of nitrogens with one attached hydrogen (secondary N) is 1. The maximum absolute atomic E-state index is 14.6. The largest absolute Gasteiger partial charge is 0.354 e. The van der Waals surface area contributed by atoms with Gasteiger partial charge in [0.2, 0.25) is 11.8 Å². The molecule has 0 saturated heterocycles. The number of nitrogens with zero attached hydrogens (tertiary/aromatic N) is 2. The van der Waals surface area contributed by atoms with Crippen molar-refractivity contribution in [2.75, 3.05) is 17.4 Å². The van der Waals surface area contributed by atoms with Crippen molar-refractivity contribution in [1.82, 2.24) is 10.2 Å². The summed E-state index contributed by atoms with van der Waals surface area (Å²) >= 11 is 6.32. The Bertz CT molecular complexity index is 1670. The van der Waals surface area contributed by atoms with E-state index >= 15 is 0 Å². The summed E-state index contributed by atoms with van der Waals surface area (Å²) in [6.45, 7) is 4.02. The molecule has 0 bridgehead atoms. The Hall–Kier alpha value is -4.14. The van der Waals surface area contributed by atoms with Crippen molar-refractivity contribution in [3.05, 3.63) is 131 Å². The van der Waals surface area contributed by atoms with Crippen molar-refractivity contribution in [1.29, 1.82) is 0 Å². The van der Waals surface area contributed by atoms with E-state index in [4.69, 9.17) is 11.6 Å². The molecule has 0 aliphatic rings. The zero-order valence-electron chi connectivity index (χ0n) is 25.7. The second-order valence-corrected chi connectivity index (χ2v) is 13.1. The number of unbranched alkanes of at least 4 members (excludes halogenated alkanes) is 1. The van der Waals surface area contributed by atoms with Crippen LogP contribution in [0.2, 0.25) is 5.02 Å². The zero-order valence-corrected chi connectivity index (χ0v) is 27.3. The van der Waals surface area contributed by atoms with Crippen LogP contribution in [0.5, 0.6) is 0 Å². The minimum atomic E-state index is -4.15. The number of amides is 2. The fourth-order valence-electron chi connectivity index (χ4n) is 5.18. The molecule has 1 N–H and O–H groups in total. The summed E-state index contributed by atoms with van der Waals surface area (Å²) in [6.07, 6.45) is 2.51. The first kappa shape index (κ1) is 33.7. The summed E-state index contributed by atoms with van der Waals surface area (Å²) < 4.78 is 29.5. The van der Waals surface area contributed by atoms with Crippen LogP contribution in [0.15, 0.2) is 114 Å². The third-order valence-corrected chi connectivity index (χ3v) is 9.60. The molecule has 0 aliphatic carbocycles. The van der Waals surface area contributed by atoms with Crippen molar-refractivity contribution in [2.24, 2.45) is 0 Å². The van der Waals surface area contributed by atoms with E-state index in [0.29, 0.717) is 23.7 Å². The lowest BCUT2D eigenvalue weighted by atomic mass is 10.0. The molecule has 0 saturated carbocycles. The normalized spacial score (nSPS) is 11.9. The SMILES string of the molecule is CCCCNC(=O)[C@@H](Cc1ccccc1)N(Cc1cccc(Cl)c1)C(=O)CN(c1ccccc1CC)S(=O)(=O)c1ccccc1. The van der Waals surface area contributed by atoms with Crippen molar-refractivity contribution < 1.29 is 18.0 Å². The molecule has 9 heteroatoms. The maximum Gasteiger partial charge on any atom is 0.264 e. The molecular formula is C36H40ClN3O4S. The molecule has 236 valence electrons. The Morgan fingerprint density at radius 2 is 1.47 bits per heavy atom. The van der Waals surface area contributed by atoms with E-state index in [-0.39, 0.29) is 23.8 Å². The van der Waals surface area contributed by atoms with Gasteiger partial charge in [0.1, 0.15) is 12.6 Å². The van der Waals surface area contributed by atoms with E-state index in [2.05, 4.69) is 5.32 Å². The molecule has 0 fully saturated rings. The van der Waals surface area contributed by atoms with Crippen LogP contribution in [-0.4, -0.2) is 44.3 Å². The van der Waals surface area contributed by atoms with Gasteiger partial charge < -0.3 is 10.2 Å². The molecule has 1 atom stereocenters. The minimum absolute atomic E-state index is 0.0622. The van der Waals surface area contributed by atoms with Gasteiger partial charge in [0.05, 0.1) is 10.6 Å². The van der Waals surface area contributed by atoms with E-state index in [1.807, 2.05) is 62.4 Å². The molecule has 4 aromatic carbocycles. The first-order chi connectivity index (χ1) is 21.7. The second kappa shape index (κ2) is 16.3. The van der Waals surface area contributed by atoms with Gasteiger partial charge in [-0.3, -0.25) is 13.9 Å². The van der Waals surface area contributed by atoms with Crippen LogP contribution < -0.4 is 9.62 Å². The third-order valence-electron chi connectivity index (χ3n) is 7.59. The van der Waals surface area contributed by atoms with Gasteiger partial charge in [0, 0.05) is 24.5 Å². The first-order valence-corrected chi connectivity index (χ1v) is 17.1. The first-order valence-electron chi connectivity index (χ1n) is 15.3. The van der Waals surface area contributed by atoms with E-state index in [1.165, 1.54) is 21.3 Å². The molecule has 4 aromatic rings. The van der Waals surface area contributed by atoms with Crippen LogP contribution in [0.1, 0.15) is 43.4 Å². The van der Waals surface area contributed by atoms with E-state index in [0.717, 1.165) is 29.5 Å². The summed E-state index contributed by atoms with van der Waals surface area (Å²) in [7, 11) is -4.15. The van der Waals surface area contributed by atoms with Crippen LogP contribution in [0.3, 0.4) is 0 Å². The molecule has 0 radical (unpaired) electrons. The monoisotopic (exact) mass is 645 g/mol. The summed E-state index contributed by atoms with van der Waals surface area (Å²) in [6, 6.07) is 31.0. The zero-order chi connectivity index (χ0) is 32.2. The van der Waals surface area contributed by atoms with Gasteiger partial charge in [-0.05, 0) is 59.9 Å². The number of anilines is 1. The summed E-state index contributed by atoms with van der Waals surface area (Å²) in [5.41, 5.74) is 2.81. The van der Waals surface area contributed by atoms with Crippen molar-refractivity contribution in [3.63, 3.8) is 0 Å². The van der Waals surface area contributed by atoms with Crippen LogP contribution in [0.25, 0.3) is 0 Å². The van der Waals surface area contributed by atoms with Crippen LogP contribution in [0, 0.1) is 0 Å². The Morgan fingerprint density at radius 3 is 2.13 bits per heavy atom. The number of aryl methyl sites for hydroxylation is 1. The molecule has 0 unspecified atom stereocenters.